The van der Waals surface area contributed by atoms with Crippen LogP contribution in [-0.2, 0) is 0 Å². The van der Waals surface area contributed by atoms with Gasteiger partial charge >= 0.3 is 0 Å². The Labute approximate surface area is 81.6 Å². The van der Waals surface area contributed by atoms with E-state index in [2.05, 4.69) is 5.16 Å². The molecule has 0 unspecified atom stereocenters. The van der Waals surface area contributed by atoms with E-state index in [0.29, 0.717) is 17.4 Å². The topological polar surface area (TPSA) is 41.8 Å². The molecular weight excluding hydrogens is 190 g/mol. The third-order valence-electron chi connectivity index (χ3n) is 1.46. The lowest BCUT2D eigenvalue weighted by atomic mass is 10.2. The summed E-state index contributed by atoms with van der Waals surface area (Å²) in [7, 11) is 0. The molecule has 0 aromatic heterocycles. The molecule has 4 heteroatoms. The molecule has 1 aromatic carbocycles. The van der Waals surface area contributed by atoms with Crippen molar-refractivity contribution in [2.24, 2.45) is 5.16 Å². The summed E-state index contributed by atoms with van der Waals surface area (Å²) in [6, 6.07) is 5.17. The van der Waals surface area contributed by atoms with E-state index >= 15 is 0 Å². The van der Waals surface area contributed by atoms with Crippen LogP contribution in [0.5, 0.6) is 5.75 Å². The van der Waals surface area contributed by atoms with Crippen molar-refractivity contribution >= 4 is 17.8 Å². The van der Waals surface area contributed by atoms with Gasteiger partial charge in [-0.3, -0.25) is 0 Å². The molecule has 0 saturated carbocycles. The second-order valence-electron chi connectivity index (χ2n) is 2.37. The highest BCUT2D eigenvalue weighted by atomic mass is 35.5. The average Bonchev–Trinajstić information content (AvgIpc) is 2.10. The van der Waals surface area contributed by atoms with Crippen LogP contribution < -0.4 is 4.74 Å². The molecule has 0 saturated heterocycles. The highest BCUT2D eigenvalue weighted by Crippen LogP contribution is 2.24. The molecule has 3 nitrogen and oxygen atoms in total. The van der Waals surface area contributed by atoms with Crippen LogP contribution in [-0.4, -0.2) is 18.0 Å². The molecule has 13 heavy (non-hydrogen) atoms. The third-order valence-corrected chi connectivity index (χ3v) is 1.76. The predicted molar refractivity (Wildman–Crippen MR) is 52.0 cm³/mol. The van der Waals surface area contributed by atoms with Gasteiger partial charge in [0.2, 0.25) is 0 Å². The van der Waals surface area contributed by atoms with E-state index in [9.17, 15) is 0 Å². The molecule has 0 spiro atoms. The highest BCUT2D eigenvalue weighted by Gasteiger charge is 2.00. The first-order valence-corrected chi connectivity index (χ1v) is 4.25. The minimum atomic E-state index is 0.513. The van der Waals surface area contributed by atoms with E-state index in [0.717, 1.165) is 5.56 Å². The van der Waals surface area contributed by atoms with E-state index in [4.69, 9.17) is 21.5 Å². The fraction of sp³-hybridized carbons (Fsp3) is 0.222. The van der Waals surface area contributed by atoms with Crippen molar-refractivity contribution in [1.82, 2.24) is 0 Å². The van der Waals surface area contributed by atoms with Crippen LogP contribution in [0, 0.1) is 0 Å². The molecule has 0 atom stereocenters. The van der Waals surface area contributed by atoms with Crippen molar-refractivity contribution in [3.05, 3.63) is 28.8 Å². The van der Waals surface area contributed by atoms with Crippen molar-refractivity contribution in [2.45, 2.75) is 6.92 Å². The van der Waals surface area contributed by atoms with E-state index in [-0.39, 0.29) is 0 Å². The van der Waals surface area contributed by atoms with Gasteiger partial charge in [-0.25, -0.2) is 0 Å². The summed E-state index contributed by atoms with van der Waals surface area (Å²) < 4.78 is 5.23. The predicted octanol–water partition coefficient (Wildman–Crippen LogP) is 2.55. The molecular formula is C9H10ClNO2. The van der Waals surface area contributed by atoms with Crippen molar-refractivity contribution in [3.8, 4) is 5.75 Å². The summed E-state index contributed by atoms with van der Waals surface area (Å²) in [5.41, 5.74) is 0.732. The molecule has 0 fully saturated rings. The van der Waals surface area contributed by atoms with Crippen molar-refractivity contribution in [3.63, 3.8) is 0 Å². The number of hydrogen-bond acceptors (Lipinski definition) is 3. The fourth-order valence-corrected chi connectivity index (χ4v) is 1.18. The maximum atomic E-state index is 8.28. The van der Waals surface area contributed by atoms with Gasteiger partial charge < -0.3 is 9.94 Å². The van der Waals surface area contributed by atoms with Gasteiger partial charge in [0.15, 0.2) is 0 Å². The van der Waals surface area contributed by atoms with Gasteiger partial charge in [-0.1, -0.05) is 16.8 Å². The first-order chi connectivity index (χ1) is 6.27. The number of rotatable bonds is 3. The van der Waals surface area contributed by atoms with Crippen molar-refractivity contribution in [2.75, 3.05) is 6.61 Å². The SMILES string of the molecule is CCOc1ccc(C=NO)cc1Cl. The lowest BCUT2D eigenvalue weighted by Gasteiger charge is -2.04. The largest absolute Gasteiger partial charge is 0.492 e. The molecule has 0 aliphatic carbocycles. The summed E-state index contributed by atoms with van der Waals surface area (Å²) in [5.74, 6) is 0.638. The quantitative estimate of drug-likeness (QED) is 0.462. The monoisotopic (exact) mass is 199 g/mol. The Kier molecular flexibility index (Phi) is 3.58. The first kappa shape index (κ1) is 9.86. The lowest BCUT2D eigenvalue weighted by Crippen LogP contribution is -1.92. The van der Waals surface area contributed by atoms with Gasteiger partial charge in [0.25, 0.3) is 0 Å². The maximum absolute atomic E-state index is 8.28. The van der Waals surface area contributed by atoms with Gasteiger partial charge in [-0.05, 0) is 30.7 Å². The Morgan fingerprint density at radius 2 is 2.38 bits per heavy atom. The summed E-state index contributed by atoms with van der Waals surface area (Å²) in [6.07, 6.45) is 1.31. The van der Waals surface area contributed by atoms with Gasteiger partial charge in [-0.2, -0.15) is 0 Å². The molecule has 0 heterocycles. The van der Waals surface area contributed by atoms with Gasteiger partial charge in [0, 0.05) is 0 Å². The summed E-state index contributed by atoms with van der Waals surface area (Å²) in [6.45, 7) is 2.46. The van der Waals surface area contributed by atoms with E-state index < -0.39 is 0 Å². The van der Waals surface area contributed by atoms with Crippen molar-refractivity contribution in [1.29, 1.82) is 0 Å². The number of hydrogen-bond donors (Lipinski definition) is 1. The average molecular weight is 200 g/mol. The van der Waals surface area contributed by atoms with E-state index in [1.165, 1.54) is 6.21 Å². The van der Waals surface area contributed by atoms with E-state index in [1.807, 2.05) is 6.92 Å². The number of oxime groups is 1. The number of halogens is 1. The van der Waals surface area contributed by atoms with Crippen LogP contribution in [0.2, 0.25) is 5.02 Å². The molecule has 0 radical (unpaired) electrons. The van der Waals surface area contributed by atoms with E-state index in [1.54, 1.807) is 18.2 Å². The Balaban J connectivity index is 2.91. The smallest absolute Gasteiger partial charge is 0.137 e. The molecule has 0 bridgehead atoms. The standard InChI is InChI=1S/C9H10ClNO2/c1-2-13-9-4-3-7(6-11-12)5-8(9)10/h3-6,12H,2H2,1H3. The number of benzene rings is 1. The highest BCUT2D eigenvalue weighted by molar-refractivity contribution is 6.32. The minimum absolute atomic E-state index is 0.513. The molecule has 1 aromatic rings. The summed E-state index contributed by atoms with van der Waals surface area (Å²) in [5, 5.41) is 11.7. The molecule has 1 rings (SSSR count). The number of nitrogens with zero attached hydrogens (tertiary/aromatic N) is 1. The molecule has 0 aliphatic rings. The molecule has 0 aliphatic heterocycles. The third kappa shape index (κ3) is 2.63. The Morgan fingerprint density at radius 1 is 1.62 bits per heavy atom. The van der Waals surface area contributed by atoms with Crippen LogP contribution in [0.4, 0.5) is 0 Å². The van der Waals surface area contributed by atoms with Gasteiger partial charge in [-0.15, -0.1) is 0 Å². The first-order valence-electron chi connectivity index (χ1n) is 3.87. The second kappa shape index (κ2) is 4.72. The van der Waals surface area contributed by atoms with Crippen LogP contribution in [0.25, 0.3) is 0 Å². The van der Waals surface area contributed by atoms with Crippen molar-refractivity contribution < 1.29 is 9.94 Å². The van der Waals surface area contributed by atoms with Crippen LogP contribution in [0.15, 0.2) is 23.4 Å². The van der Waals surface area contributed by atoms with Crippen LogP contribution in [0.1, 0.15) is 12.5 Å². The summed E-state index contributed by atoms with van der Waals surface area (Å²) in [4.78, 5) is 0. The Hall–Kier alpha value is -1.22. The zero-order chi connectivity index (χ0) is 9.68. The normalized spacial score (nSPS) is 10.6. The molecule has 0 amide bonds. The van der Waals surface area contributed by atoms with Crippen LogP contribution >= 0.6 is 11.6 Å². The second-order valence-corrected chi connectivity index (χ2v) is 2.77. The summed E-state index contributed by atoms with van der Waals surface area (Å²) >= 11 is 5.88. The lowest BCUT2D eigenvalue weighted by molar-refractivity contribution is 0.322. The van der Waals surface area contributed by atoms with Gasteiger partial charge in [0.05, 0.1) is 17.8 Å². The van der Waals surface area contributed by atoms with Crippen LogP contribution in [0.3, 0.4) is 0 Å². The zero-order valence-electron chi connectivity index (χ0n) is 7.20. The Bertz CT molecular complexity index is 312. The van der Waals surface area contributed by atoms with Gasteiger partial charge in [0.1, 0.15) is 5.75 Å². The number of ether oxygens (including phenoxy) is 1. The minimum Gasteiger partial charge on any atom is -0.492 e. The molecule has 1 N–H and O–H groups in total. The fourth-order valence-electron chi connectivity index (χ4n) is 0.937. The molecule has 70 valence electrons. The Morgan fingerprint density at radius 3 is 2.92 bits per heavy atom. The zero-order valence-corrected chi connectivity index (χ0v) is 7.95. The maximum Gasteiger partial charge on any atom is 0.137 e.